The molecule has 7 nitrogen and oxygen atoms in total. The molecule has 0 amide bonds. The van der Waals surface area contributed by atoms with E-state index in [1.54, 1.807) is 0 Å². The van der Waals surface area contributed by atoms with Crippen LogP contribution in [0.4, 0.5) is 17.5 Å². The quantitative estimate of drug-likeness (QED) is 0.594. The molecule has 0 unspecified atom stereocenters. The van der Waals surface area contributed by atoms with Crippen molar-refractivity contribution in [3.05, 3.63) is 16.3 Å². The maximum Gasteiger partial charge on any atom is 0.329 e. The summed E-state index contributed by atoms with van der Waals surface area (Å²) in [6.07, 6.45) is 5.45. The Labute approximate surface area is 105 Å². The Morgan fingerprint density at radius 1 is 1.56 bits per heavy atom. The molecule has 0 radical (unpaired) electrons. The third kappa shape index (κ3) is 2.85. The van der Waals surface area contributed by atoms with Crippen molar-refractivity contribution in [3.63, 3.8) is 0 Å². The monoisotopic (exact) mass is 251 g/mol. The number of hydrogen-bond acceptors (Lipinski definition) is 6. The maximum atomic E-state index is 10.9. The molecule has 18 heavy (non-hydrogen) atoms. The van der Waals surface area contributed by atoms with E-state index < -0.39 is 4.92 Å². The highest BCUT2D eigenvalue weighted by atomic mass is 16.6. The molecule has 0 bridgehead atoms. The fourth-order valence-electron chi connectivity index (χ4n) is 1.68. The van der Waals surface area contributed by atoms with E-state index in [2.05, 4.69) is 20.6 Å². The Hall–Kier alpha value is -1.92. The van der Waals surface area contributed by atoms with Crippen LogP contribution in [0.2, 0.25) is 0 Å². The molecule has 0 aliphatic heterocycles. The zero-order valence-corrected chi connectivity index (χ0v) is 10.3. The topological polar surface area (TPSA) is 93.0 Å². The fraction of sp³-hybridized carbons (Fsp3) is 0.636. The summed E-state index contributed by atoms with van der Waals surface area (Å²) in [4.78, 5) is 18.6. The average Bonchev–Trinajstić information content (AvgIpc) is 2.31. The molecule has 1 heterocycles. The SMILES string of the molecule is CCCNc1ncc([N+](=O)[O-])c(NC2CCC2)n1. The summed E-state index contributed by atoms with van der Waals surface area (Å²) in [5.74, 6) is 0.752. The van der Waals surface area contributed by atoms with Crippen LogP contribution in [0.3, 0.4) is 0 Å². The number of hydrogen-bond donors (Lipinski definition) is 2. The fourth-order valence-corrected chi connectivity index (χ4v) is 1.68. The van der Waals surface area contributed by atoms with Gasteiger partial charge in [-0.1, -0.05) is 6.92 Å². The highest BCUT2D eigenvalue weighted by Gasteiger charge is 2.23. The van der Waals surface area contributed by atoms with Crippen molar-refractivity contribution in [2.45, 2.75) is 38.6 Å². The van der Waals surface area contributed by atoms with Gasteiger partial charge in [0, 0.05) is 12.6 Å². The zero-order chi connectivity index (χ0) is 13.0. The van der Waals surface area contributed by atoms with Gasteiger partial charge >= 0.3 is 5.69 Å². The van der Waals surface area contributed by atoms with Crippen molar-refractivity contribution in [2.24, 2.45) is 0 Å². The Bertz CT molecular complexity index is 433. The first kappa shape index (κ1) is 12.5. The molecule has 1 aromatic heterocycles. The molecule has 98 valence electrons. The number of rotatable bonds is 6. The minimum atomic E-state index is -0.454. The maximum absolute atomic E-state index is 10.9. The highest BCUT2D eigenvalue weighted by Crippen LogP contribution is 2.28. The van der Waals surface area contributed by atoms with Crippen LogP contribution in [0.1, 0.15) is 32.6 Å². The number of nitro groups is 1. The summed E-state index contributed by atoms with van der Waals surface area (Å²) in [5.41, 5.74) is -0.0658. The lowest BCUT2D eigenvalue weighted by Crippen LogP contribution is -2.28. The molecule has 1 aliphatic rings. The van der Waals surface area contributed by atoms with Gasteiger partial charge in [0.1, 0.15) is 6.20 Å². The van der Waals surface area contributed by atoms with Crippen molar-refractivity contribution in [1.82, 2.24) is 9.97 Å². The normalized spacial score (nSPS) is 14.9. The molecular formula is C11H17N5O2. The summed E-state index contributed by atoms with van der Waals surface area (Å²) in [6, 6.07) is 0.303. The van der Waals surface area contributed by atoms with Gasteiger partial charge in [-0.25, -0.2) is 4.98 Å². The largest absolute Gasteiger partial charge is 0.361 e. The van der Waals surface area contributed by atoms with Crippen molar-refractivity contribution < 1.29 is 4.92 Å². The van der Waals surface area contributed by atoms with Crippen molar-refractivity contribution in [2.75, 3.05) is 17.2 Å². The smallest absolute Gasteiger partial charge is 0.329 e. The van der Waals surface area contributed by atoms with Gasteiger partial charge in [0.05, 0.1) is 4.92 Å². The van der Waals surface area contributed by atoms with Gasteiger partial charge in [-0.15, -0.1) is 0 Å². The highest BCUT2D eigenvalue weighted by molar-refractivity contribution is 5.57. The van der Waals surface area contributed by atoms with Gasteiger partial charge in [-0.3, -0.25) is 10.1 Å². The first-order chi connectivity index (χ1) is 8.70. The number of anilines is 2. The van der Waals surface area contributed by atoms with Crippen LogP contribution in [-0.4, -0.2) is 27.5 Å². The molecule has 2 N–H and O–H groups in total. The molecular weight excluding hydrogens is 234 g/mol. The van der Waals surface area contributed by atoms with E-state index in [4.69, 9.17) is 0 Å². The van der Waals surface area contributed by atoms with Gasteiger partial charge in [0.2, 0.25) is 11.8 Å². The summed E-state index contributed by atoms with van der Waals surface area (Å²) in [6.45, 7) is 2.78. The van der Waals surface area contributed by atoms with Gasteiger partial charge in [-0.2, -0.15) is 4.98 Å². The van der Waals surface area contributed by atoms with Gasteiger partial charge < -0.3 is 10.6 Å². The van der Waals surface area contributed by atoms with E-state index in [-0.39, 0.29) is 5.69 Å². The van der Waals surface area contributed by atoms with Crippen LogP contribution in [0.15, 0.2) is 6.20 Å². The molecule has 0 atom stereocenters. The molecule has 1 aromatic rings. The summed E-state index contributed by atoms with van der Waals surface area (Å²) in [5, 5.41) is 17.0. The summed E-state index contributed by atoms with van der Waals surface area (Å²) < 4.78 is 0. The van der Waals surface area contributed by atoms with Crippen LogP contribution in [0.5, 0.6) is 0 Å². The summed E-state index contributed by atoms with van der Waals surface area (Å²) >= 11 is 0. The Kier molecular flexibility index (Phi) is 3.91. The minimum absolute atomic E-state index is 0.0658. The number of aromatic nitrogens is 2. The Morgan fingerprint density at radius 3 is 2.89 bits per heavy atom. The van der Waals surface area contributed by atoms with Gasteiger partial charge in [-0.05, 0) is 25.7 Å². The van der Waals surface area contributed by atoms with E-state index in [0.717, 1.165) is 32.2 Å². The third-order valence-electron chi connectivity index (χ3n) is 2.95. The van der Waals surface area contributed by atoms with Crippen molar-refractivity contribution in [1.29, 1.82) is 0 Å². The lowest BCUT2D eigenvalue weighted by molar-refractivity contribution is -0.384. The first-order valence-electron chi connectivity index (χ1n) is 6.22. The van der Waals surface area contributed by atoms with Crippen LogP contribution in [0, 0.1) is 10.1 Å². The molecule has 1 saturated carbocycles. The van der Waals surface area contributed by atoms with Gasteiger partial charge in [0.25, 0.3) is 0 Å². The van der Waals surface area contributed by atoms with Crippen LogP contribution >= 0.6 is 0 Å². The molecule has 1 fully saturated rings. The zero-order valence-electron chi connectivity index (χ0n) is 10.3. The van der Waals surface area contributed by atoms with E-state index in [0.29, 0.717) is 17.8 Å². The average molecular weight is 251 g/mol. The standard InChI is InChI=1S/C11H17N5O2/c1-2-6-12-11-13-7-9(16(17)18)10(15-11)14-8-4-3-5-8/h7-8H,2-6H2,1H3,(H2,12,13,14,15). The van der Waals surface area contributed by atoms with E-state index >= 15 is 0 Å². The minimum Gasteiger partial charge on any atom is -0.361 e. The molecule has 0 spiro atoms. The lowest BCUT2D eigenvalue weighted by Gasteiger charge is -2.26. The molecule has 7 heteroatoms. The Balaban J connectivity index is 2.16. The Morgan fingerprint density at radius 2 is 2.33 bits per heavy atom. The second kappa shape index (κ2) is 5.61. The van der Waals surface area contributed by atoms with E-state index in [1.165, 1.54) is 6.20 Å². The predicted octanol–water partition coefficient (Wildman–Crippen LogP) is 2.17. The van der Waals surface area contributed by atoms with Crippen molar-refractivity contribution >= 4 is 17.5 Å². The van der Waals surface area contributed by atoms with Gasteiger partial charge in [0.15, 0.2) is 0 Å². The number of nitrogens with zero attached hydrogens (tertiary/aromatic N) is 3. The summed E-state index contributed by atoms with van der Waals surface area (Å²) in [7, 11) is 0. The molecule has 1 aliphatic carbocycles. The molecule has 0 saturated heterocycles. The lowest BCUT2D eigenvalue weighted by atomic mass is 9.93. The molecule has 0 aromatic carbocycles. The van der Waals surface area contributed by atoms with E-state index in [1.807, 2.05) is 6.92 Å². The van der Waals surface area contributed by atoms with Crippen LogP contribution in [-0.2, 0) is 0 Å². The van der Waals surface area contributed by atoms with E-state index in [9.17, 15) is 10.1 Å². The second-order valence-corrected chi connectivity index (χ2v) is 4.38. The molecule has 2 rings (SSSR count). The number of nitrogens with one attached hydrogen (secondary N) is 2. The first-order valence-corrected chi connectivity index (χ1v) is 6.22. The van der Waals surface area contributed by atoms with Crippen LogP contribution < -0.4 is 10.6 Å². The van der Waals surface area contributed by atoms with Crippen molar-refractivity contribution in [3.8, 4) is 0 Å². The van der Waals surface area contributed by atoms with Crippen LogP contribution in [0.25, 0.3) is 0 Å². The third-order valence-corrected chi connectivity index (χ3v) is 2.95. The predicted molar refractivity (Wildman–Crippen MR) is 68.7 cm³/mol. The second-order valence-electron chi connectivity index (χ2n) is 4.38.